The molecule has 0 aromatic heterocycles. The number of hydrogen-bond acceptors (Lipinski definition) is 2. The van der Waals surface area contributed by atoms with Crippen molar-refractivity contribution >= 4 is 17.2 Å². The van der Waals surface area contributed by atoms with Crippen molar-refractivity contribution in [3.8, 4) is 0 Å². The smallest absolute Gasteiger partial charge is 0.123 e. The lowest BCUT2D eigenvalue weighted by molar-refractivity contribution is 0.118. The molecule has 0 amide bonds. The molecular weight excluding hydrogens is 285 g/mol. The third-order valence-corrected chi connectivity index (χ3v) is 3.41. The third-order valence-electron chi connectivity index (χ3n) is 3.19. The standard InChI is InChI=1S/C17H18FNOS/c18-15-8-9-16(17(19)21)14(11-15)12-20-10-4-7-13-5-2-1-3-6-13/h1-3,5-6,8-9,11H,4,7,10,12H2,(H2,19,21). The lowest BCUT2D eigenvalue weighted by atomic mass is 10.1. The summed E-state index contributed by atoms with van der Waals surface area (Å²) in [5, 5.41) is 0. The molecule has 0 saturated heterocycles. The van der Waals surface area contributed by atoms with Gasteiger partial charge in [-0.25, -0.2) is 4.39 Å². The van der Waals surface area contributed by atoms with Crippen molar-refractivity contribution < 1.29 is 9.13 Å². The molecule has 2 rings (SSSR count). The summed E-state index contributed by atoms with van der Waals surface area (Å²) in [4.78, 5) is 0.262. The highest BCUT2D eigenvalue weighted by Crippen LogP contribution is 2.13. The molecule has 2 N–H and O–H groups in total. The fourth-order valence-corrected chi connectivity index (χ4v) is 2.33. The number of thiocarbonyl (C=S) groups is 1. The Hall–Kier alpha value is -1.78. The molecule has 0 atom stereocenters. The molecule has 0 bridgehead atoms. The topological polar surface area (TPSA) is 35.2 Å². The average molecular weight is 303 g/mol. The minimum Gasteiger partial charge on any atom is -0.389 e. The lowest BCUT2D eigenvalue weighted by Crippen LogP contribution is -2.13. The number of aryl methyl sites for hydroxylation is 1. The maximum atomic E-state index is 13.3. The van der Waals surface area contributed by atoms with Gasteiger partial charge in [-0.15, -0.1) is 0 Å². The Morgan fingerprint density at radius 1 is 1.14 bits per heavy atom. The molecule has 110 valence electrons. The summed E-state index contributed by atoms with van der Waals surface area (Å²) in [6.07, 6.45) is 1.88. The Balaban J connectivity index is 1.81. The van der Waals surface area contributed by atoms with Gasteiger partial charge < -0.3 is 10.5 Å². The number of ether oxygens (including phenoxy) is 1. The van der Waals surface area contributed by atoms with Crippen LogP contribution in [-0.4, -0.2) is 11.6 Å². The van der Waals surface area contributed by atoms with Gasteiger partial charge in [0.1, 0.15) is 10.8 Å². The Morgan fingerprint density at radius 3 is 2.62 bits per heavy atom. The highest BCUT2D eigenvalue weighted by Gasteiger charge is 2.06. The summed E-state index contributed by atoms with van der Waals surface area (Å²) in [6, 6.07) is 14.6. The zero-order chi connectivity index (χ0) is 15.1. The summed E-state index contributed by atoms with van der Waals surface area (Å²) >= 11 is 4.96. The molecular formula is C17H18FNOS. The molecule has 0 aliphatic rings. The first kappa shape index (κ1) is 15.6. The molecule has 0 aliphatic heterocycles. The fourth-order valence-electron chi connectivity index (χ4n) is 2.13. The summed E-state index contributed by atoms with van der Waals surface area (Å²) in [5.74, 6) is -0.308. The molecule has 21 heavy (non-hydrogen) atoms. The Labute approximate surface area is 129 Å². The number of halogens is 1. The van der Waals surface area contributed by atoms with Crippen LogP contribution in [0.25, 0.3) is 0 Å². The van der Waals surface area contributed by atoms with Crippen LogP contribution in [0.15, 0.2) is 48.5 Å². The Kier molecular flexibility index (Phi) is 5.84. The lowest BCUT2D eigenvalue weighted by Gasteiger charge is -2.09. The fraction of sp³-hybridized carbons (Fsp3) is 0.235. The number of benzene rings is 2. The van der Waals surface area contributed by atoms with Gasteiger partial charge in [0.15, 0.2) is 0 Å². The molecule has 0 spiro atoms. The van der Waals surface area contributed by atoms with Crippen LogP contribution < -0.4 is 5.73 Å². The van der Waals surface area contributed by atoms with E-state index in [4.69, 9.17) is 22.7 Å². The van der Waals surface area contributed by atoms with Crippen molar-refractivity contribution in [3.05, 3.63) is 71.0 Å². The summed E-state index contributed by atoms with van der Waals surface area (Å²) in [6.45, 7) is 0.932. The van der Waals surface area contributed by atoms with Crippen LogP contribution in [0.1, 0.15) is 23.1 Å². The Bertz CT molecular complexity index is 601. The average Bonchev–Trinajstić information content (AvgIpc) is 2.48. The second kappa shape index (κ2) is 7.86. The molecule has 0 heterocycles. The van der Waals surface area contributed by atoms with Gasteiger partial charge in [-0.3, -0.25) is 0 Å². The minimum absolute atomic E-state index is 0.262. The largest absolute Gasteiger partial charge is 0.389 e. The van der Waals surface area contributed by atoms with Crippen LogP contribution in [0, 0.1) is 5.82 Å². The number of nitrogens with two attached hydrogens (primary N) is 1. The van der Waals surface area contributed by atoms with E-state index in [9.17, 15) is 4.39 Å². The molecule has 0 radical (unpaired) electrons. The predicted molar refractivity (Wildman–Crippen MR) is 86.7 cm³/mol. The molecule has 0 aliphatic carbocycles. The summed E-state index contributed by atoms with van der Waals surface area (Å²) in [7, 11) is 0. The van der Waals surface area contributed by atoms with Crippen LogP contribution in [0.5, 0.6) is 0 Å². The first-order valence-electron chi connectivity index (χ1n) is 6.86. The van der Waals surface area contributed by atoms with Crippen LogP contribution in [0.4, 0.5) is 4.39 Å². The van der Waals surface area contributed by atoms with Crippen molar-refractivity contribution in [2.45, 2.75) is 19.4 Å². The van der Waals surface area contributed by atoms with Gasteiger partial charge in [-0.05, 0) is 42.2 Å². The molecule has 2 nitrogen and oxygen atoms in total. The minimum atomic E-state index is -0.308. The quantitative estimate of drug-likeness (QED) is 0.627. The van der Waals surface area contributed by atoms with Gasteiger partial charge in [0.25, 0.3) is 0 Å². The van der Waals surface area contributed by atoms with Crippen molar-refractivity contribution in [3.63, 3.8) is 0 Å². The van der Waals surface area contributed by atoms with Crippen molar-refractivity contribution in [2.75, 3.05) is 6.61 Å². The Morgan fingerprint density at radius 2 is 1.90 bits per heavy atom. The van der Waals surface area contributed by atoms with Gasteiger partial charge >= 0.3 is 0 Å². The van der Waals surface area contributed by atoms with E-state index in [1.54, 1.807) is 6.07 Å². The van der Waals surface area contributed by atoms with E-state index in [1.807, 2.05) is 18.2 Å². The second-order valence-electron chi connectivity index (χ2n) is 4.81. The monoisotopic (exact) mass is 303 g/mol. The predicted octanol–water partition coefficient (Wildman–Crippen LogP) is 3.61. The first-order chi connectivity index (χ1) is 10.2. The van der Waals surface area contributed by atoms with E-state index in [0.29, 0.717) is 24.3 Å². The number of rotatable bonds is 7. The first-order valence-corrected chi connectivity index (χ1v) is 7.27. The van der Waals surface area contributed by atoms with Crippen molar-refractivity contribution in [1.82, 2.24) is 0 Å². The zero-order valence-electron chi connectivity index (χ0n) is 11.7. The molecule has 2 aromatic carbocycles. The van der Waals surface area contributed by atoms with Crippen LogP contribution in [0.3, 0.4) is 0 Å². The van der Waals surface area contributed by atoms with Crippen LogP contribution in [0.2, 0.25) is 0 Å². The van der Waals surface area contributed by atoms with E-state index in [-0.39, 0.29) is 10.8 Å². The third kappa shape index (κ3) is 4.92. The van der Waals surface area contributed by atoms with Gasteiger partial charge in [0.05, 0.1) is 6.61 Å². The molecule has 4 heteroatoms. The second-order valence-corrected chi connectivity index (χ2v) is 5.25. The molecule has 0 saturated carbocycles. The normalized spacial score (nSPS) is 10.5. The summed E-state index contributed by atoms with van der Waals surface area (Å²) < 4.78 is 18.9. The van der Waals surface area contributed by atoms with Gasteiger partial charge in [-0.2, -0.15) is 0 Å². The highest BCUT2D eigenvalue weighted by molar-refractivity contribution is 7.80. The van der Waals surface area contributed by atoms with E-state index < -0.39 is 0 Å². The zero-order valence-corrected chi connectivity index (χ0v) is 12.5. The van der Waals surface area contributed by atoms with E-state index in [2.05, 4.69) is 12.1 Å². The van der Waals surface area contributed by atoms with E-state index >= 15 is 0 Å². The van der Waals surface area contributed by atoms with Crippen LogP contribution in [-0.2, 0) is 17.8 Å². The van der Waals surface area contributed by atoms with Gasteiger partial charge in [0.2, 0.25) is 0 Å². The van der Waals surface area contributed by atoms with Gasteiger partial charge in [0, 0.05) is 12.2 Å². The molecule has 0 unspecified atom stereocenters. The van der Waals surface area contributed by atoms with E-state index in [1.165, 1.54) is 17.7 Å². The van der Waals surface area contributed by atoms with Crippen molar-refractivity contribution in [1.29, 1.82) is 0 Å². The maximum Gasteiger partial charge on any atom is 0.123 e. The number of hydrogen-bond donors (Lipinski definition) is 1. The van der Waals surface area contributed by atoms with Crippen molar-refractivity contribution in [2.24, 2.45) is 5.73 Å². The van der Waals surface area contributed by atoms with Crippen LogP contribution >= 0.6 is 12.2 Å². The molecule has 0 fully saturated rings. The van der Waals surface area contributed by atoms with E-state index in [0.717, 1.165) is 12.8 Å². The van der Waals surface area contributed by atoms with Gasteiger partial charge in [-0.1, -0.05) is 42.5 Å². The highest BCUT2D eigenvalue weighted by atomic mass is 32.1. The molecule has 2 aromatic rings. The SMILES string of the molecule is NC(=S)c1ccc(F)cc1COCCCc1ccccc1. The maximum absolute atomic E-state index is 13.3. The summed E-state index contributed by atoms with van der Waals surface area (Å²) in [5.41, 5.74) is 8.28.